The molecule has 0 fully saturated rings. The molecule has 5 nitrogen and oxygen atoms in total. The summed E-state index contributed by atoms with van der Waals surface area (Å²) in [6.45, 7) is 2.40. The molecule has 0 amide bonds. The Hall–Kier alpha value is -1.66. The molecule has 0 aliphatic heterocycles. The van der Waals surface area contributed by atoms with Crippen LogP contribution in [0.5, 0.6) is 0 Å². The Balaban J connectivity index is 2.04. The van der Waals surface area contributed by atoms with Crippen molar-refractivity contribution in [2.75, 3.05) is 17.6 Å². The van der Waals surface area contributed by atoms with Crippen LogP contribution in [0.25, 0.3) is 0 Å². The van der Waals surface area contributed by atoms with Gasteiger partial charge in [-0.1, -0.05) is 6.92 Å². The van der Waals surface area contributed by atoms with Gasteiger partial charge >= 0.3 is 0 Å². The third-order valence-corrected chi connectivity index (χ3v) is 3.42. The number of aliphatic hydroxyl groups is 1. The summed E-state index contributed by atoms with van der Waals surface area (Å²) in [7, 11) is 0. The fraction of sp³-hybridized carbons (Fsp3) is 0.333. The summed E-state index contributed by atoms with van der Waals surface area (Å²) in [4.78, 5) is 8.11. The van der Waals surface area contributed by atoms with Crippen molar-refractivity contribution >= 4 is 23.0 Å². The Kier molecular flexibility index (Phi) is 4.11. The molecule has 0 saturated heterocycles. The molecular formula is C12H16N4OS. The fourth-order valence-corrected chi connectivity index (χ4v) is 2.41. The molecule has 0 aliphatic rings. The summed E-state index contributed by atoms with van der Waals surface area (Å²) < 4.78 is 0. The highest BCUT2D eigenvalue weighted by molar-refractivity contribution is 7.07. The number of aromatic nitrogens is 2. The molecule has 4 N–H and O–H groups in total. The summed E-state index contributed by atoms with van der Waals surface area (Å²) in [6, 6.07) is 1.91. The van der Waals surface area contributed by atoms with Gasteiger partial charge in [-0.25, -0.2) is 9.97 Å². The van der Waals surface area contributed by atoms with Crippen LogP contribution in [-0.2, 0) is 6.42 Å². The zero-order valence-electron chi connectivity index (χ0n) is 10.1. The predicted molar refractivity (Wildman–Crippen MR) is 73.6 cm³/mol. The van der Waals surface area contributed by atoms with Gasteiger partial charge in [0.15, 0.2) is 0 Å². The minimum absolute atomic E-state index is 0.403. The van der Waals surface area contributed by atoms with Gasteiger partial charge in [-0.3, -0.25) is 0 Å². The average molecular weight is 264 g/mol. The van der Waals surface area contributed by atoms with Crippen LogP contribution >= 0.6 is 11.3 Å². The first-order valence-corrected chi connectivity index (χ1v) is 6.70. The maximum absolute atomic E-state index is 9.97. The number of nitrogens with zero attached hydrogens (tertiary/aromatic N) is 2. The predicted octanol–water partition coefficient (Wildman–Crippen LogP) is 1.83. The first kappa shape index (κ1) is 12.8. The van der Waals surface area contributed by atoms with Crippen molar-refractivity contribution in [2.24, 2.45) is 0 Å². The number of aliphatic hydroxyl groups excluding tert-OH is 1. The van der Waals surface area contributed by atoms with E-state index in [2.05, 4.69) is 15.3 Å². The van der Waals surface area contributed by atoms with E-state index in [1.165, 1.54) is 6.33 Å². The lowest BCUT2D eigenvalue weighted by atomic mass is 10.2. The molecule has 2 rings (SSSR count). The van der Waals surface area contributed by atoms with Crippen molar-refractivity contribution in [2.45, 2.75) is 19.4 Å². The van der Waals surface area contributed by atoms with Gasteiger partial charge < -0.3 is 16.2 Å². The molecule has 96 valence electrons. The zero-order chi connectivity index (χ0) is 13.0. The largest absolute Gasteiger partial charge is 0.387 e. The van der Waals surface area contributed by atoms with Gasteiger partial charge in [0, 0.05) is 12.1 Å². The third-order valence-electron chi connectivity index (χ3n) is 2.72. The van der Waals surface area contributed by atoms with Crippen LogP contribution in [0.15, 0.2) is 23.2 Å². The molecule has 0 aliphatic carbocycles. The molecule has 1 atom stereocenters. The molecule has 2 aromatic heterocycles. The molecular weight excluding hydrogens is 248 g/mol. The van der Waals surface area contributed by atoms with E-state index in [4.69, 9.17) is 5.73 Å². The summed E-state index contributed by atoms with van der Waals surface area (Å²) in [5.74, 6) is 1.18. The average Bonchev–Trinajstić information content (AvgIpc) is 2.90. The molecule has 0 saturated carbocycles. The number of anilines is 2. The molecule has 18 heavy (non-hydrogen) atoms. The second kappa shape index (κ2) is 5.79. The quantitative estimate of drug-likeness (QED) is 0.767. The lowest BCUT2D eigenvalue weighted by Crippen LogP contribution is -2.14. The SMILES string of the molecule is CCc1c(N)ncnc1NCC(O)c1ccsc1. The lowest BCUT2D eigenvalue weighted by molar-refractivity contribution is 0.192. The van der Waals surface area contributed by atoms with Crippen LogP contribution in [0.4, 0.5) is 11.6 Å². The topological polar surface area (TPSA) is 84.1 Å². The number of hydrogen-bond acceptors (Lipinski definition) is 6. The molecule has 0 spiro atoms. The van der Waals surface area contributed by atoms with Crippen LogP contribution in [-0.4, -0.2) is 21.6 Å². The minimum atomic E-state index is -0.544. The van der Waals surface area contributed by atoms with Gasteiger partial charge in [0.1, 0.15) is 18.0 Å². The molecule has 6 heteroatoms. The van der Waals surface area contributed by atoms with Crippen LogP contribution in [0, 0.1) is 0 Å². The van der Waals surface area contributed by atoms with E-state index in [-0.39, 0.29) is 0 Å². The zero-order valence-corrected chi connectivity index (χ0v) is 10.9. The standard InChI is InChI=1S/C12H16N4OS/c1-2-9-11(13)15-7-16-12(9)14-5-10(17)8-3-4-18-6-8/h3-4,6-7,10,17H,2,5H2,1H3,(H3,13,14,15,16). The smallest absolute Gasteiger partial charge is 0.134 e. The molecule has 2 heterocycles. The number of rotatable bonds is 5. The highest BCUT2D eigenvalue weighted by Crippen LogP contribution is 2.20. The Morgan fingerprint density at radius 3 is 3.00 bits per heavy atom. The first-order chi connectivity index (χ1) is 8.72. The highest BCUT2D eigenvalue weighted by atomic mass is 32.1. The Bertz CT molecular complexity index is 501. The van der Waals surface area contributed by atoms with E-state index in [9.17, 15) is 5.11 Å². The molecule has 0 aromatic carbocycles. The Morgan fingerprint density at radius 1 is 1.50 bits per heavy atom. The van der Waals surface area contributed by atoms with Crippen molar-refractivity contribution in [1.29, 1.82) is 0 Å². The summed E-state index contributed by atoms with van der Waals surface area (Å²) in [5, 5.41) is 17.0. The highest BCUT2D eigenvalue weighted by Gasteiger charge is 2.11. The summed E-state index contributed by atoms with van der Waals surface area (Å²) in [6.07, 6.45) is 1.63. The first-order valence-electron chi connectivity index (χ1n) is 5.75. The van der Waals surface area contributed by atoms with Crippen molar-refractivity contribution in [3.63, 3.8) is 0 Å². The molecule has 0 radical (unpaired) electrons. The second-order valence-corrected chi connectivity index (χ2v) is 4.67. The van der Waals surface area contributed by atoms with E-state index in [0.29, 0.717) is 18.2 Å². The molecule has 2 aromatic rings. The maximum Gasteiger partial charge on any atom is 0.134 e. The van der Waals surface area contributed by atoms with Gasteiger partial charge in [0.05, 0.1) is 6.10 Å². The van der Waals surface area contributed by atoms with Gasteiger partial charge in [0.2, 0.25) is 0 Å². The number of nitrogens with two attached hydrogens (primary N) is 1. The monoisotopic (exact) mass is 264 g/mol. The molecule has 0 bridgehead atoms. The van der Waals surface area contributed by atoms with Crippen LogP contribution in [0.1, 0.15) is 24.2 Å². The van der Waals surface area contributed by atoms with Crippen LogP contribution in [0.2, 0.25) is 0 Å². The summed E-state index contributed by atoms with van der Waals surface area (Å²) in [5.41, 5.74) is 7.57. The number of hydrogen-bond donors (Lipinski definition) is 3. The van der Waals surface area contributed by atoms with Gasteiger partial charge in [0.25, 0.3) is 0 Å². The van der Waals surface area contributed by atoms with Gasteiger partial charge in [-0.2, -0.15) is 11.3 Å². The number of nitrogens with one attached hydrogen (secondary N) is 1. The number of thiophene rings is 1. The summed E-state index contributed by atoms with van der Waals surface area (Å²) >= 11 is 1.57. The van der Waals surface area contributed by atoms with Crippen molar-refractivity contribution in [1.82, 2.24) is 9.97 Å². The third kappa shape index (κ3) is 2.77. The van der Waals surface area contributed by atoms with E-state index >= 15 is 0 Å². The van der Waals surface area contributed by atoms with E-state index < -0.39 is 6.10 Å². The van der Waals surface area contributed by atoms with E-state index in [0.717, 1.165) is 17.5 Å². The van der Waals surface area contributed by atoms with Crippen molar-refractivity contribution < 1.29 is 5.11 Å². The van der Waals surface area contributed by atoms with Crippen molar-refractivity contribution in [3.05, 3.63) is 34.3 Å². The van der Waals surface area contributed by atoms with E-state index in [1.807, 2.05) is 23.8 Å². The Morgan fingerprint density at radius 2 is 2.33 bits per heavy atom. The normalized spacial score (nSPS) is 12.3. The van der Waals surface area contributed by atoms with Gasteiger partial charge in [-0.05, 0) is 28.8 Å². The minimum Gasteiger partial charge on any atom is -0.387 e. The van der Waals surface area contributed by atoms with Crippen LogP contribution in [0.3, 0.4) is 0 Å². The second-order valence-electron chi connectivity index (χ2n) is 3.89. The van der Waals surface area contributed by atoms with Crippen LogP contribution < -0.4 is 11.1 Å². The lowest BCUT2D eigenvalue weighted by Gasteiger charge is -2.14. The fourth-order valence-electron chi connectivity index (χ4n) is 1.70. The maximum atomic E-state index is 9.97. The van der Waals surface area contributed by atoms with E-state index in [1.54, 1.807) is 11.3 Å². The van der Waals surface area contributed by atoms with Gasteiger partial charge in [-0.15, -0.1) is 0 Å². The number of nitrogen functional groups attached to an aromatic ring is 1. The van der Waals surface area contributed by atoms with Crippen molar-refractivity contribution in [3.8, 4) is 0 Å². The Labute approximate surface area is 110 Å². The molecule has 1 unspecified atom stereocenters.